The summed E-state index contributed by atoms with van der Waals surface area (Å²) in [5.41, 5.74) is 5.88. The quantitative estimate of drug-likeness (QED) is 0.512. The highest BCUT2D eigenvalue weighted by atomic mass is 16.5. The largest absolute Gasteiger partial charge is 0.493 e. The molecule has 2 heterocycles. The smallest absolute Gasteiger partial charge is 0.325 e. The first-order valence-electron chi connectivity index (χ1n) is 10.4. The Morgan fingerprint density at radius 3 is 2.55 bits per heavy atom. The molecule has 172 valence electrons. The van der Waals surface area contributed by atoms with Crippen molar-refractivity contribution in [3.8, 4) is 11.5 Å². The van der Waals surface area contributed by atoms with Crippen molar-refractivity contribution >= 4 is 24.1 Å². The van der Waals surface area contributed by atoms with Gasteiger partial charge in [-0.3, -0.25) is 10.1 Å². The maximum atomic E-state index is 12.7. The van der Waals surface area contributed by atoms with E-state index in [2.05, 4.69) is 20.8 Å². The number of aryl methyl sites for hydroxylation is 1. The number of ether oxygens (including phenoxy) is 2. The molecule has 2 aromatic carbocycles. The normalized spacial score (nSPS) is 19.9. The number of likely N-dealkylation sites (N-methyl/N-ethyl adjacent to an activating group) is 1. The van der Waals surface area contributed by atoms with Crippen LogP contribution in [-0.4, -0.2) is 67.4 Å². The van der Waals surface area contributed by atoms with Crippen molar-refractivity contribution in [1.29, 1.82) is 0 Å². The summed E-state index contributed by atoms with van der Waals surface area (Å²) in [6, 6.07) is 12.3. The van der Waals surface area contributed by atoms with Crippen molar-refractivity contribution < 1.29 is 19.1 Å². The lowest BCUT2D eigenvalue weighted by molar-refractivity contribution is -0.127. The second-order valence-corrected chi connectivity index (χ2v) is 7.81. The Hall–Kier alpha value is -4.08. The molecule has 10 nitrogen and oxygen atoms in total. The van der Waals surface area contributed by atoms with Gasteiger partial charge in [0.2, 0.25) is 5.96 Å². The molecular weight excluding hydrogens is 424 g/mol. The molecule has 33 heavy (non-hydrogen) atoms. The number of carbonyl (C=O) groups excluding carboxylic acids is 2. The number of benzene rings is 2. The van der Waals surface area contributed by atoms with Crippen molar-refractivity contribution in [3.05, 3.63) is 59.2 Å². The maximum Gasteiger partial charge on any atom is 0.325 e. The summed E-state index contributed by atoms with van der Waals surface area (Å²) in [6.45, 7) is 2.44. The lowest BCUT2D eigenvalue weighted by Crippen LogP contribution is -2.63. The Morgan fingerprint density at radius 1 is 1.12 bits per heavy atom. The molecule has 10 heteroatoms. The summed E-state index contributed by atoms with van der Waals surface area (Å²) in [4.78, 5) is 32.6. The van der Waals surface area contributed by atoms with Gasteiger partial charge in [0.25, 0.3) is 5.91 Å². The van der Waals surface area contributed by atoms with E-state index in [4.69, 9.17) is 9.47 Å². The first-order valence-corrected chi connectivity index (χ1v) is 10.4. The second-order valence-electron chi connectivity index (χ2n) is 7.81. The summed E-state index contributed by atoms with van der Waals surface area (Å²) in [5.74, 6) is 1.22. The number of hydrogen-bond donors (Lipinski definition) is 2. The molecule has 3 amide bonds. The second kappa shape index (κ2) is 9.19. The number of urea groups is 1. The van der Waals surface area contributed by atoms with E-state index in [1.807, 2.05) is 42.2 Å². The topological polar surface area (TPSA) is 108 Å². The van der Waals surface area contributed by atoms with Crippen LogP contribution in [0.1, 0.15) is 16.7 Å². The molecule has 1 saturated heterocycles. The zero-order valence-corrected chi connectivity index (χ0v) is 18.9. The van der Waals surface area contributed by atoms with Crippen LogP contribution in [0.5, 0.6) is 11.5 Å². The molecule has 2 aliphatic rings. The monoisotopic (exact) mass is 450 g/mol. The zero-order chi connectivity index (χ0) is 23.5. The predicted molar refractivity (Wildman–Crippen MR) is 123 cm³/mol. The lowest BCUT2D eigenvalue weighted by atomic mass is 10.1. The third-order valence-corrected chi connectivity index (χ3v) is 5.62. The summed E-state index contributed by atoms with van der Waals surface area (Å²) in [7, 11) is 4.76. The highest BCUT2D eigenvalue weighted by Crippen LogP contribution is 2.27. The van der Waals surface area contributed by atoms with Gasteiger partial charge in [0.15, 0.2) is 23.7 Å². The van der Waals surface area contributed by atoms with Gasteiger partial charge in [-0.15, -0.1) is 0 Å². The van der Waals surface area contributed by atoms with Gasteiger partial charge < -0.3 is 19.3 Å². The van der Waals surface area contributed by atoms with Crippen LogP contribution >= 0.6 is 0 Å². The van der Waals surface area contributed by atoms with Crippen LogP contribution in [0.2, 0.25) is 0 Å². The molecular formula is C23H26N6O4. The van der Waals surface area contributed by atoms with Crippen molar-refractivity contribution in [3.63, 3.8) is 0 Å². The zero-order valence-electron chi connectivity index (χ0n) is 18.9. The number of amides is 3. The van der Waals surface area contributed by atoms with Crippen molar-refractivity contribution in [2.24, 2.45) is 10.1 Å². The van der Waals surface area contributed by atoms with Crippen LogP contribution in [0.3, 0.4) is 0 Å². The molecule has 2 aliphatic heterocycles. The minimum absolute atomic E-state index is 0.389. The van der Waals surface area contributed by atoms with E-state index in [0.717, 1.165) is 16.7 Å². The maximum absolute atomic E-state index is 12.7. The van der Waals surface area contributed by atoms with E-state index in [1.165, 1.54) is 4.90 Å². The van der Waals surface area contributed by atoms with Crippen LogP contribution < -0.4 is 20.2 Å². The number of guanidine groups is 1. The summed E-state index contributed by atoms with van der Waals surface area (Å²) >= 11 is 0. The van der Waals surface area contributed by atoms with Crippen LogP contribution in [0.15, 0.2) is 52.6 Å². The van der Waals surface area contributed by atoms with Crippen LogP contribution in [0, 0.1) is 6.92 Å². The lowest BCUT2D eigenvalue weighted by Gasteiger charge is -2.36. The van der Waals surface area contributed by atoms with E-state index in [1.54, 1.807) is 39.6 Å². The number of fused-ring (bicyclic) bond motifs is 1. The van der Waals surface area contributed by atoms with E-state index < -0.39 is 18.2 Å². The van der Waals surface area contributed by atoms with E-state index in [-0.39, 0.29) is 5.91 Å². The third-order valence-electron chi connectivity index (χ3n) is 5.62. The molecule has 2 atom stereocenters. The fourth-order valence-corrected chi connectivity index (χ4v) is 3.78. The molecule has 0 radical (unpaired) electrons. The molecule has 0 aliphatic carbocycles. The Balaban J connectivity index is 1.58. The number of methoxy groups -OCH3 is 2. The third kappa shape index (κ3) is 4.45. The highest BCUT2D eigenvalue weighted by Gasteiger charge is 2.48. The van der Waals surface area contributed by atoms with Crippen molar-refractivity contribution in [2.45, 2.75) is 25.7 Å². The van der Waals surface area contributed by atoms with Crippen molar-refractivity contribution in [1.82, 2.24) is 20.5 Å². The molecule has 4 rings (SSSR count). The van der Waals surface area contributed by atoms with Gasteiger partial charge in [0, 0.05) is 13.6 Å². The summed E-state index contributed by atoms with van der Waals surface area (Å²) in [6.07, 6.45) is 0.973. The minimum atomic E-state index is -0.659. The van der Waals surface area contributed by atoms with Gasteiger partial charge in [0.05, 0.1) is 20.4 Å². The summed E-state index contributed by atoms with van der Waals surface area (Å²) < 4.78 is 10.6. The number of nitrogens with one attached hydrogen (secondary N) is 2. The number of aliphatic imine (C=N–C) groups is 1. The minimum Gasteiger partial charge on any atom is -0.493 e. The predicted octanol–water partition coefficient (Wildman–Crippen LogP) is 1.68. The fourth-order valence-electron chi connectivity index (χ4n) is 3.78. The van der Waals surface area contributed by atoms with Crippen LogP contribution in [0.25, 0.3) is 0 Å². The number of carbonyl (C=O) groups is 2. The average Bonchev–Trinajstić information content (AvgIpc) is 3.17. The van der Waals surface area contributed by atoms with E-state index in [9.17, 15) is 9.59 Å². The molecule has 0 bridgehead atoms. The molecule has 0 spiro atoms. The van der Waals surface area contributed by atoms with Gasteiger partial charge in [-0.2, -0.15) is 5.10 Å². The fraction of sp³-hybridized carbons (Fsp3) is 0.304. The van der Waals surface area contributed by atoms with Gasteiger partial charge >= 0.3 is 6.03 Å². The molecule has 2 N–H and O–H groups in total. The van der Waals surface area contributed by atoms with E-state index in [0.29, 0.717) is 24.0 Å². The van der Waals surface area contributed by atoms with Gasteiger partial charge in [-0.05, 0) is 36.2 Å². The first-order chi connectivity index (χ1) is 15.9. The average molecular weight is 450 g/mol. The Morgan fingerprint density at radius 2 is 1.85 bits per heavy atom. The molecule has 0 aromatic heterocycles. The van der Waals surface area contributed by atoms with Gasteiger partial charge in [-0.25, -0.2) is 15.2 Å². The van der Waals surface area contributed by atoms with Gasteiger partial charge in [-0.1, -0.05) is 29.8 Å². The van der Waals surface area contributed by atoms with Crippen LogP contribution in [-0.2, 0) is 11.3 Å². The summed E-state index contributed by atoms with van der Waals surface area (Å²) in [5, 5.41) is 6.70. The number of nitrogens with zero attached hydrogens (tertiary/aromatic N) is 4. The Labute approximate surface area is 191 Å². The van der Waals surface area contributed by atoms with E-state index >= 15 is 0 Å². The molecule has 0 saturated carbocycles. The molecule has 2 aromatic rings. The standard InChI is InChI=1S/C23H26N6O4/c1-14-5-7-15(8-6-14)13-29-19-20(28(2)23(31)26-21(19)30)25-22(29)27-24-12-16-9-10-17(32-3)18(11-16)33-4/h5-12,19-20H,13H2,1-4H3,(H,25,27)(H,26,30,31)/b24-12+. The van der Waals surface area contributed by atoms with Crippen LogP contribution in [0.4, 0.5) is 4.79 Å². The number of rotatable bonds is 6. The van der Waals surface area contributed by atoms with Crippen molar-refractivity contribution in [2.75, 3.05) is 21.3 Å². The first kappa shape index (κ1) is 22.1. The Kier molecular flexibility index (Phi) is 6.16. The Bertz CT molecular complexity index is 1110. The molecule has 1 fully saturated rings. The molecule has 2 unspecified atom stereocenters. The SMILES string of the molecule is COc1ccc(/C=N/NC2=NC3C(C(=O)NC(=O)N3C)N2Cc2ccc(C)cc2)cc1OC. The van der Waals surface area contributed by atoms with Gasteiger partial charge in [0.1, 0.15) is 0 Å². The highest BCUT2D eigenvalue weighted by molar-refractivity contribution is 6.03. The number of hydrogen-bond acceptors (Lipinski definition) is 8. The number of imide groups is 1. The number of hydrazone groups is 1.